The molecule has 0 spiro atoms. The quantitative estimate of drug-likeness (QED) is 0.885. The molecule has 1 aromatic rings. The van der Waals surface area contributed by atoms with E-state index < -0.39 is 0 Å². The largest absolute Gasteiger partial charge is 0.393 e. The van der Waals surface area contributed by atoms with Gasteiger partial charge in [-0.15, -0.1) is 0 Å². The topological polar surface area (TPSA) is 23.5 Å². The van der Waals surface area contributed by atoms with E-state index in [0.29, 0.717) is 5.92 Å². The summed E-state index contributed by atoms with van der Waals surface area (Å²) in [5, 5.41) is 10.2. The van der Waals surface area contributed by atoms with Gasteiger partial charge in [0.1, 0.15) is 5.82 Å². The van der Waals surface area contributed by atoms with Crippen molar-refractivity contribution in [1.82, 2.24) is 0 Å². The van der Waals surface area contributed by atoms with Crippen molar-refractivity contribution in [1.29, 1.82) is 0 Å². The monoisotopic (exact) mass is 279 g/mol. The van der Waals surface area contributed by atoms with Crippen molar-refractivity contribution in [2.24, 2.45) is 11.8 Å². The fraction of sp³-hybridized carbons (Fsp3) is 0.647. The van der Waals surface area contributed by atoms with Crippen LogP contribution in [0.1, 0.15) is 39.0 Å². The maximum atomic E-state index is 13.3. The molecule has 1 saturated carbocycles. The van der Waals surface area contributed by atoms with Gasteiger partial charge in [-0.3, -0.25) is 0 Å². The van der Waals surface area contributed by atoms with Gasteiger partial charge in [0.05, 0.1) is 6.10 Å². The number of benzene rings is 1. The molecule has 1 N–H and O–H groups in total. The van der Waals surface area contributed by atoms with E-state index in [1.54, 1.807) is 12.1 Å². The molecule has 20 heavy (non-hydrogen) atoms. The average Bonchev–Trinajstić information content (AvgIpc) is 2.43. The Balaban J connectivity index is 1.96. The Morgan fingerprint density at radius 1 is 1.35 bits per heavy atom. The third kappa shape index (κ3) is 3.95. The van der Waals surface area contributed by atoms with Gasteiger partial charge in [-0.1, -0.05) is 25.8 Å². The van der Waals surface area contributed by atoms with Gasteiger partial charge >= 0.3 is 0 Å². The predicted molar refractivity (Wildman–Crippen MR) is 81.4 cm³/mol. The van der Waals surface area contributed by atoms with Gasteiger partial charge in [0.15, 0.2) is 0 Å². The second-order valence-corrected chi connectivity index (χ2v) is 6.16. The fourth-order valence-corrected chi connectivity index (χ4v) is 3.38. The van der Waals surface area contributed by atoms with Gasteiger partial charge in [-0.2, -0.15) is 0 Å². The normalized spacial score (nSPS) is 26.5. The van der Waals surface area contributed by atoms with Crippen LogP contribution in [0.5, 0.6) is 0 Å². The maximum absolute atomic E-state index is 13.3. The van der Waals surface area contributed by atoms with E-state index >= 15 is 0 Å². The van der Waals surface area contributed by atoms with E-state index in [4.69, 9.17) is 0 Å². The van der Waals surface area contributed by atoms with Crippen molar-refractivity contribution >= 4 is 5.69 Å². The van der Waals surface area contributed by atoms with Crippen molar-refractivity contribution in [2.75, 3.05) is 18.5 Å². The van der Waals surface area contributed by atoms with Crippen LogP contribution in [0.3, 0.4) is 0 Å². The Kier molecular flexibility index (Phi) is 5.41. The van der Waals surface area contributed by atoms with Gasteiger partial charge in [0, 0.05) is 25.2 Å². The first kappa shape index (κ1) is 15.3. The van der Waals surface area contributed by atoms with Gasteiger partial charge in [0.2, 0.25) is 0 Å². The summed E-state index contributed by atoms with van der Waals surface area (Å²) in [5.41, 5.74) is 0.884. The number of aliphatic hydroxyl groups excluding tert-OH is 1. The summed E-state index contributed by atoms with van der Waals surface area (Å²) in [6, 6.07) is 6.67. The highest BCUT2D eigenvalue weighted by atomic mass is 19.1. The first-order valence-corrected chi connectivity index (χ1v) is 7.75. The lowest BCUT2D eigenvalue weighted by Crippen LogP contribution is -2.37. The van der Waals surface area contributed by atoms with E-state index in [1.165, 1.54) is 18.9 Å². The van der Waals surface area contributed by atoms with Crippen LogP contribution in [0.15, 0.2) is 24.3 Å². The molecule has 2 nitrogen and oxygen atoms in total. The number of hydrogen-bond acceptors (Lipinski definition) is 2. The zero-order valence-electron chi connectivity index (χ0n) is 12.6. The van der Waals surface area contributed by atoms with Crippen LogP contribution in [0, 0.1) is 17.7 Å². The summed E-state index contributed by atoms with van der Waals surface area (Å²) in [6.45, 7) is 3.02. The third-order valence-electron chi connectivity index (χ3n) is 4.51. The zero-order valence-corrected chi connectivity index (χ0v) is 12.6. The smallest absolute Gasteiger partial charge is 0.125 e. The van der Waals surface area contributed by atoms with Crippen molar-refractivity contribution in [2.45, 2.75) is 45.1 Å². The molecule has 1 aliphatic carbocycles. The molecule has 0 heterocycles. The molecule has 3 unspecified atom stereocenters. The second-order valence-electron chi connectivity index (χ2n) is 6.16. The molecular formula is C17H26FNO. The highest BCUT2D eigenvalue weighted by Gasteiger charge is 2.29. The van der Waals surface area contributed by atoms with E-state index in [-0.39, 0.29) is 11.9 Å². The number of halogens is 1. The molecule has 2 rings (SSSR count). The van der Waals surface area contributed by atoms with Crippen molar-refractivity contribution in [3.63, 3.8) is 0 Å². The highest BCUT2D eigenvalue weighted by Crippen LogP contribution is 2.33. The van der Waals surface area contributed by atoms with Crippen LogP contribution in [0.25, 0.3) is 0 Å². The second kappa shape index (κ2) is 7.07. The fourth-order valence-electron chi connectivity index (χ4n) is 3.38. The summed E-state index contributed by atoms with van der Waals surface area (Å²) < 4.78 is 13.3. The maximum Gasteiger partial charge on any atom is 0.125 e. The van der Waals surface area contributed by atoms with Crippen LogP contribution in [0.2, 0.25) is 0 Å². The standard InChI is InChI=1S/C17H26FNO/c1-3-5-13-8-9-17(20)14(10-13)12-19(2)16-7-4-6-15(18)11-16/h4,6-7,11,13-14,17,20H,3,5,8-10,12H2,1-2H3. The summed E-state index contributed by atoms with van der Waals surface area (Å²) in [5.74, 6) is 0.838. The van der Waals surface area contributed by atoms with E-state index in [9.17, 15) is 9.50 Å². The lowest BCUT2D eigenvalue weighted by atomic mass is 9.77. The Hall–Kier alpha value is -1.09. The molecule has 0 aliphatic heterocycles. The number of anilines is 1. The number of nitrogens with zero attached hydrogens (tertiary/aromatic N) is 1. The van der Waals surface area contributed by atoms with Crippen molar-refractivity contribution in [3.8, 4) is 0 Å². The Morgan fingerprint density at radius 2 is 2.15 bits per heavy atom. The summed E-state index contributed by atoms with van der Waals surface area (Å²) >= 11 is 0. The molecule has 3 heteroatoms. The number of hydrogen-bond donors (Lipinski definition) is 1. The molecule has 1 aromatic carbocycles. The zero-order chi connectivity index (χ0) is 14.5. The highest BCUT2D eigenvalue weighted by molar-refractivity contribution is 5.45. The summed E-state index contributed by atoms with van der Waals surface area (Å²) in [6.07, 6.45) is 5.41. The third-order valence-corrected chi connectivity index (χ3v) is 4.51. The Bertz CT molecular complexity index is 423. The predicted octanol–water partition coefficient (Wildman–Crippen LogP) is 3.84. The molecule has 1 fully saturated rings. The van der Waals surface area contributed by atoms with E-state index in [1.807, 2.05) is 13.1 Å². The lowest BCUT2D eigenvalue weighted by molar-refractivity contribution is 0.0499. The Morgan fingerprint density at radius 3 is 2.85 bits per heavy atom. The van der Waals surface area contributed by atoms with Gasteiger partial charge in [-0.05, 0) is 43.4 Å². The number of rotatable bonds is 5. The van der Waals surface area contributed by atoms with Crippen LogP contribution < -0.4 is 4.90 Å². The summed E-state index contributed by atoms with van der Waals surface area (Å²) in [7, 11) is 1.98. The van der Waals surface area contributed by atoms with Crippen LogP contribution >= 0.6 is 0 Å². The van der Waals surface area contributed by atoms with Crippen molar-refractivity contribution in [3.05, 3.63) is 30.1 Å². The first-order chi connectivity index (χ1) is 9.60. The number of aliphatic hydroxyl groups is 1. The molecule has 0 aromatic heterocycles. The van der Waals surface area contributed by atoms with Gasteiger partial charge in [0.25, 0.3) is 0 Å². The lowest BCUT2D eigenvalue weighted by Gasteiger charge is -2.36. The minimum atomic E-state index is -0.209. The first-order valence-electron chi connectivity index (χ1n) is 7.75. The summed E-state index contributed by atoms with van der Waals surface area (Å²) in [4.78, 5) is 2.06. The van der Waals surface area contributed by atoms with Gasteiger partial charge in [-0.25, -0.2) is 4.39 Å². The van der Waals surface area contributed by atoms with Gasteiger partial charge < -0.3 is 10.0 Å². The van der Waals surface area contributed by atoms with E-state index in [2.05, 4.69) is 11.8 Å². The molecule has 112 valence electrons. The molecule has 1 aliphatic rings. The van der Waals surface area contributed by atoms with Crippen LogP contribution in [-0.4, -0.2) is 24.8 Å². The minimum Gasteiger partial charge on any atom is -0.393 e. The molecule has 0 bridgehead atoms. The molecule has 0 amide bonds. The van der Waals surface area contributed by atoms with Crippen LogP contribution in [0.4, 0.5) is 10.1 Å². The Labute approximate surface area is 121 Å². The molecule has 0 saturated heterocycles. The SMILES string of the molecule is CCCC1CCC(O)C(CN(C)c2cccc(F)c2)C1. The van der Waals surface area contributed by atoms with Crippen LogP contribution in [-0.2, 0) is 0 Å². The molecular weight excluding hydrogens is 253 g/mol. The minimum absolute atomic E-state index is 0.206. The average molecular weight is 279 g/mol. The molecule has 0 radical (unpaired) electrons. The molecule has 3 atom stereocenters. The van der Waals surface area contributed by atoms with E-state index in [0.717, 1.165) is 37.4 Å². The van der Waals surface area contributed by atoms with Crippen molar-refractivity contribution < 1.29 is 9.50 Å².